The number of ether oxygens (including phenoxy) is 3. The standard InChI is InChI=1S/C28H26O6/c1-18(2)27(30)32-17-26(29)33-24-13-9-22(10-14-24)20-5-7-21(8-6-20)23-11-15-25(16-12-23)34-28(31)19(3)4/h5-16,28,31H,1,3,17H2,2,4H3. The zero-order chi connectivity index (χ0) is 24.7. The number of hydrogen-bond donors (Lipinski definition) is 1. The SMILES string of the molecule is C=C(C)C(=O)OCC(=O)Oc1ccc(-c2ccc(-c3ccc(OC(O)C(=C)C)cc3)cc2)cc1. The summed E-state index contributed by atoms with van der Waals surface area (Å²) in [6.45, 7) is 9.85. The Hall–Kier alpha value is -4.16. The monoisotopic (exact) mass is 458 g/mol. The highest BCUT2D eigenvalue weighted by atomic mass is 16.6. The third-order valence-corrected chi connectivity index (χ3v) is 4.83. The van der Waals surface area contributed by atoms with E-state index in [9.17, 15) is 14.7 Å². The van der Waals surface area contributed by atoms with Gasteiger partial charge in [-0.05, 0) is 65.9 Å². The molecule has 0 bridgehead atoms. The number of aliphatic hydroxyl groups is 1. The van der Waals surface area contributed by atoms with E-state index < -0.39 is 24.8 Å². The largest absolute Gasteiger partial charge is 0.461 e. The van der Waals surface area contributed by atoms with Crippen molar-refractivity contribution in [3.63, 3.8) is 0 Å². The van der Waals surface area contributed by atoms with E-state index in [2.05, 4.69) is 13.2 Å². The summed E-state index contributed by atoms with van der Waals surface area (Å²) in [4.78, 5) is 23.2. The summed E-state index contributed by atoms with van der Waals surface area (Å²) in [5.74, 6) is -0.389. The molecular formula is C28H26O6. The second-order valence-electron chi connectivity index (χ2n) is 7.77. The van der Waals surface area contributed by atoms with Crippen molar-refractivity contribution in [1.82, 2.24) is 0 Å². The Labute approximate surface area is 198 Å². The fraction of sp³-hybridized carbons (Fsp3) is 0.143. The number of aliphatic hydroxyl groups excluding tert-OH is 1. The highest BCUT2D eigenvalue weighted by Crippen LogP contribution is 2.28. The molecule has 3 aromatic rings. The summed E-state index contributed by atoms with van der Waals surface area (Å²) in [6.07, 6.45) is -1.03. The molecule has 0 aromatic heterocycles. The quantitative estimate of drug-likeness (QED) is 0.154. The zero-order valence-corrected chi connectivity index (χ0v) is 19.1. The minimum Gasteiger partial charge on any atom is -0.461 e. The van der Waals surface area contributed by atoms with Gasteiger partial charge in [0.2, 0.25) is 6.29 Å². The molecule has 0 radical (unpaired) electrons. The van der Waals surface area contributed by atoms with Gasteiger partial charge in [-0.3, -0.25) is 0 Å². The number of esters is 2. The molecule has 0 saturated heterocycles. The molecule has 0 aliphatic rings. The third-order valence-electron chi connectivity index (χ3n) is 4.83. The lowest BCUT2D eigenvalue weighted by Gasteiger charge is -2.13. The Balaban J connectivity index is 1.60. The van der Waals surface area contributed by atoms with Crippen molar-refractivity contribution in [2.45, 2.75) is 20.1 Å². The van der Waals surface area contributed by atoms with E-state index in [-0.39, 0.29) is 5.57 Å². The lowest BCUT2D eigenvalue weighted by molar-refractivity contribution is -0.150. The van der Waals surface area contributed by atoms with Gasteiger partial charge in [-0.2, -0.15) is 0 Å². The van der Waals surface area contributed by atoms with Gasteiger partial charge in [0.25, 0.3) is 0 Å². The highest BCUT2D eigenvalue weighted by Gasteiger charge is 2.11. The van der Waals surface area contributed by atoms with Crippen molar-refractivity contribution in [3.8, 4) is 33.8 Å². The second-order valence-corrected chi connectivity index (χ2v) is 7.77. The maximum Gasteiger partial charge on any atom is 0.349 e. The van der Waals surface area contributed by atoms with Gasteiger partial charge >= 0.3 is 11.9 Å². The zero-order valence-electron chi connectivity index (χ0n) is 19.1. The second kappa shape index (κ2) is 11.1. The number of rotatable bonds is 9. The van der Waals surface area contributed by atoms with Gasteiger partial charge in [0, 0.05) is 5.57 Å². The molecule has 0 fully saturated rings. The molecule has 3 aromatic carbocycles. The summed E-state index contributed by atoms with van der Waals surface area (Å²) < 4.78 is 15.4. The van der Waals surface area contributed by atoms with Crippen LogP contribution in [0.4, 0.5) is 0 Å². The molecule has 0 aliphatic carbocycles. The lowest BCUT2D eigenvalue weighted by Crippen LogP contribution is -2.18. The predicted octanol–water partition coefficient (Wildman–Crippen LogP) is 5.32. The van der Waals surface area contributed by atoms with Crippen LogP contribution in [0.25, 0.3) is 22.3 Å². The third kappa shape index (κ3) is 6.67. The normalized spacial score (nSPS) is 11.3. The minimum absolute atomic E-state index is 0.215. The van der Waals surface area contributed by atoms with Crippen molar-refractivity contribution < 1.29 is 28.9 Å². The molecule has 174 valence electrons. The van der Waals surface area contributed by atoms with E-state index in [0.29, 0.717) is 17.1 Å². The van der Waals surface area contributed by atoms with E-state index in [1.54, 1.807) is 31.2 Å². The molecule has 1 atom stereocenters. The smallest absolute Gasteiger partial charge is 0.349 e. The van der Waals surface area contributed by atoms with Crippen molar-refractivity contribution in [2.24, 2.45) is 0 Å². The first-order chi connectivity index (χ1) is 16.2. The van der Waals surface area contributed by atoms with E-state index in [4.69, 9.17) is 14.2 Å². The van der Waals surface area contributed by atoms with Gasteiger partial charge in [-0.1, -0.05) is 61.7 Å². The fourth-order valence-electron chi connectivity index (χ4n) is 2.93. The van der Waals surface area contributed by atoms with Crippen molar-refractivity contribution in [3.05, 3.63) is 97.1 Å². The molecular weight excluding hydrogens is 432 g/mol. The van der Waals surface area contributed by atoms with Crippen LogP contribution in [0.5, 0.6) is 11.5 Å². The van der Waals surface area contributed by atoms with Gasteiger partial charge in [0.15, 0.2) is 6.61 Å². The Morgan fingerprint density at radius 3 is 1.59 bits per heavy atom. The van der Waals surface area contributed by atoms with Gasteiger partial charge in [0.05, 0.1) is 0 Å². The number of carbonyl (C=O) groups excluding carboxylic acids is 2. The molecule has 34 heavy (non-hydrogen) atoms. The van der Waals surface area contributed by atoms with Crippen molar-refractivity contribution in [2.75, 3.05) is 6.61 Å². The number of hydrogen-bond acceptors (Lipinski definition) is 6. The predicted molar refractivity (Wildman–Crippen MR) is 130 cm³/mol. The van der Waals surface area contributed by atoms with Crippen LogP contribution in [0.15, 0.2) is 97.1 Å². The van der Waals surface area contributed by atoms with Crippen LogP contribution < -0.4 is 9.47 Å². The first-order valence-corrected chi connectivity index (χ1v) is 10.6. The number of carbonyl (C=O) groups is 2. The summed E-state index contributed by atoms with van der Waals surface area (Å²) in [5, 5.41) is 9.76. The average molecular weight is 459 g/mol. The minimum atomic E-state index is -1.03. The van der Waals surface area contributed by atoms with Crippen LogP contribution in [0.3, 0.4) is 0 Å². The van der Waals surface area contributed by atoms with Crippen LogP contribution in [0, 0.1) is 0 Å². The van der Waals surface area contributed by atoms with E-state index in [0.717, 1.165) is 22.3 Å². The topological polar surface area (TPSA) is 82.1 Å². The lowest BCUT2D eigenvalue weighted by atomic mass is 10.0. The molecule has 6 heteroatoms. The maximum absolute atomic E-state index is 11.8. The van der Waals surface area contributed by atoms with E-state index in [1.807, 2.05) is 48.5 Å². The van der Waals surface area contributed by atoms with Gasteiger partial charge in [-0.15, -0.1) is 0 Å². The fourth-order valence-corrected chi connectivity index (χ4v) is 2.93. The Morgan fingerprint density at radius 1 is 0.765 bits per heavy atom. The summed E-state index contributed by atoms with van der Waals surface area (Å²) in [6, 6.07) is 22.5. The van der Waals surface area contributed by atoms with Crippen LogP contribution >= 0.6 is 0 Å². The molecule has 0 heterocycles. The van der Waals surface area contributed by atoms with Gasteiger partial charge in [0.1, 0.15) is 11.5 Å². The first kappa shape index (κ1) is 24.5. The molecule has 0 spiro atoms. The molecule has 6 nitrogen and oxygen atoms in total. The summed E-state index contributed by atoms with van der Waals surface area (Å²) in [7, 11) is 0. The summed E-state index contributed by atoms with van der Waals surface area (Å²) >= 11 is 0. The first-order valence-electron chi connectivity index (χ1n) is 10.6. The molecule has 1 unspecified atom stereocenters. The van der Waals surface area contributed by atoms with E-state index >= 15 is 0 Å². The summed E-state index contributed by atoms with van der Waals surface area (Å²) in [5.41, 5.74) is 4.76. The van der Waals surface area contributed by atoms with E-state index in [1.165, 1.54) is 6.92 Å². The molecule has 0 aliphatic heterocycles. The Morgan fingerprint density at radius 2 is 1.18 bits per heavy atom. The van der Waals surface area contributed by atoms with Crippen LogP contribution in [0.1, 0.15) is 13.8 Å². The van der Waals surface area contributed by atoms with Crippen LogP contribution in [0.2, 0.25) is 0 Å². The number of benzene rings is 3. The van der Waals surface area contributed by atoms with Crippen molar-refractivity contribution in [1.29, 1.82) is 0 Å². The van der Waals surface area contributed by atoms with Gasteiger partial charge < -0.3 is 19.3 Å². The molecule has 3 rings (SSSR count). The van der Waals surface area contributed by atoms with Crippen LogP contribution in [-0.2, 0) is 14.3 Å². The average Bonchev–Trinajstić information content (AvgIpc) is 2.83. The molecule has 0 saturated carbocycles. The Bertz CT molecular complexity index is 1180. The maximum atomic E-state index is 11.8. The van der Waals surface area contributed by atoms with Gasteiger partial charge in [-0.25, -0.2) is 9.59 Å². The highest BCUT2D eigenvalue weighted by molar-refractivity contribution is 5.88. The van der Waals surface area contributed by atoms with Crippen molar-refractivity contribution >= 4 is 11.9 Å². The Kier molecular flexibility index (Phi) is 8.01. The van der Waals surface area contributed by atoms with Crippen LogP contribution in [-0.4, -0.2) is 29.9 Å². The molecule has 0 amide bonds. The molecule has 1 N–H and O–H groups in total.